The van der Waals surface area contributed by atoms with E-state index < -0.39 is 24.1 Å². The van der Waals surface area contributed by atoms with Gasteiger partial charge in [-0.05, 0) is 75.7 Å². The highest BCUT2D eigenvalue weighted by Crippen LogP contribution is 2.40. The van der Waals surface area contributed by atoms with Gasteiger partial charge in [0.05, 0.1) is 16.8 Å². The number of carbonyl (C=O) groups is 1. The Kier molecular flexibility index (Phi) is 4.48. The topological polar surface area (TPSA) is 40.5 Å². The molecule has 1 aliphatic carbocycles. The second-order valence-corrected chi connectivity index (χ2v) is 9.86. The van der Waals surface area contributed by atoms with E-state index in [9.17, 15) is 9.18 Å². The molecule has 2 heterocycles. The van der Waals surface area contributed by atoms with Gasteiger partial charge >= 0.3 is 7.12 Å². The molecule has 5 rings (SSSR count). The molecule has 6 heteroatoms. The Balaban J connectivity index is 1.54. The van der Waals surface area contributed by atoms with Gasteiger partial charge in [0, 0.05) is 29.7 Å². The van der Waals surface area contributed by atoms with Crippen molar-refractivity contribution in [3.63, 3.8) is 0 Å². The van der Waals surface area contributed by atoms with Crippen molar-refractivity contribution < 1.29 is 18.5 Å². The first-order valence-corrected chi connectivity index (χ1v) is 10.9. The fourth-order valence-electron chi connectivity index (χ4n) is 4.25. The highest BCUT2D eigenvalue weighted by atomic mass is 19.1. The molecule has 0 unspecified atom stereocenters. The Morgan fingerprint density at radius 2 is 1.71 bits per heavy atom. The highest BCUT2D eigenvalue weighted by Gasteiger charge is 2.51. The molecule has 4 nitrogen and oxygen atoms in total. The molecule has 0 N–H and O–H groups in total. The lowest BCUT2D eigenvalue weighted by molar-refractivity contribution is 0.00578. The predicted molar refractivity (Wildman–Crippen MR) is 120 cm³/mol. The third-order valence-electron chi connectivity index (χ3n) is 7.07. The van der Waals surface area contributed by atoms with Crippen LogP contribution in [0.25, 0.3) is 10.9 Å². The quantitative estimate of drug-likeness (QED) is 0.454. The minimum atomic E-state index is -0.521. The van der Waals surface area contributed by atoms with Crippen LogP contribution in [0.1, 0.15) is 67.9 Å². The number of hydrogen-bond donors (Lipinski definition) is 0. The van der Waals surface area contributed by atoms with Gasteiger partial charge in [-0.25, -0.2) is 4.39 Å². The van der Waals surface area contributed by atoms with Gasteiger partial charge < -0.3 is 13.9 Å². The van der Waals surface area contributed by atoms with Crippen LogP contribution in [0.4, 0.5) is 4.39 Å². The van der Waals surface area contributed by atoms with Gasteiger partial charge in [0.15, 0.2) is 5.78 Å². The second-order valence-electron chi connectivity index (χ2n) is 9.86. The molecule has 31 heavy (non-hydrogen) atoms. The van der Waals surface area contributed by atoms with Crippen molar-refractivity contribution in [1.29, 1.82) is 0 Å². The maximum atomic E-state index is 14.8. The van der Waals surface area contributed by atoms with Gasteiger partial charge in [0.2, 0.25) is 0 Å². The number of aromatic nitrogens is 1. The average molecular weight is 419 g/mol. The lowest BCUT2D eigenvalue weighted by Gasteiger charge is -2.32. The number of carbonyl (C=O) groups excluding carboxylic acids is 1. The van der Waals surface area contributed by atoms with E-state index in [2.05, 4.69) is 0 Å². The molecule has 1 saturated heterocycles. The van der Waals surface area contributed by atoms with E-state index in [-0.39, 0.29) is 11.3 Å². The molecular weight excluding hydrogens is 392 g/mol. The smallest absolute Gasteiger partial charge is 0.399 e. The minimum Gasteiger partial charge on any atom is -0.399 e. The van der Waals surface area contributed by atoms with E-state index in [1.165, 1.54) is 6.07 Å². The van der Waals surface area contributed by atoms with E-state index in [0.717, 1.165) is 34.8 Å². The van der Waals surface area contributed by atoms with Crippen LogP contribution in [-0.4, -0.2) is 28.7 Å². The monoisotopic (exact) mass is 419 g/mol. The summed E-state index contributed by atoms with van der Waals surface area (Å²) in [6, 6.07) is 10.9. The zero-order valence-corrected chi connectivity index (χ0v) is 18.7. The molecule has 0 atom stereocenters. The van der Waals surface area contributed by atoms with Crippen LogP contribution in [0.15, 0.2) is 42.6 Å². The van der Waals surface area contributed by atoms with E-state index >= 15 is 0 Å². The maximum Gasteiger partial charge on any atom is 0.494 e. The molecule has 2 fully saturated rings. The van der Waals surface area contributed by atoms with E-state index in [0.29, 0.717) is 11.5 Å². The number of hydrogen-bond acceptors (Lipinski definition) is 3. The Morgan fingerprint density at radius 1 is 1.03 bits per heavy atom. The molecule has 1 saturated carbocycles. The first-order chi connectivity index (χ1) is 14.6. The van der Waals surface area contributed by atoms with E-state index in [1.54, 1.807) is 12.3 Å². The maximum absolute atomic E-state index is 14.8. The van der Waals surface area contributed by atoms with Gasteiger partial charge in [-0.2, -0.15) is 0 Å². The van der Waals surface area contributed by atoms with Crippen molar-refractivity contribution in [1.82, 2.24) is 4.57 Å². The number of ketones is 1. The van der Waals surface area contributed by atoms with Crippen LogP contribution in [0, 0.1) is 5.82 Å². The summed E-state index contributed by atoms with van der Waals surface area (Å²) in [7, 11) is 1.37. The molecule has 0 spiro atoms. The van der Waals surface area contributed by atoms with Gasteiger partial charge in [-0.1, -0.05) is 18.2 Å². The van der Waals surface area contributed by atoms with Crippen LogP contribution in [0.5, 0.6) is 0 Å². The molecule has 0 radical (unpaired) electrons. The van der Waals surface area contributed by atoms with Crippen molar-refractivity contribution >= 4 is 29.3 Å². The summed E-state index contributed by atoms with van der Waals surface area (Å²) in [5.41, 5.74) is 2.42. The first-order valence-electron chi connectivity index (χ1n) is 10.9. The van der Waals surface area contributed by atoms with Crippen molar-refractivity contribution in [3.05, 3.63) is 65.1 Å². The summed E-state index contributed by atoms with van der Waals surface area (Å²) in [5, 5.41) is 0.769. The van der Waals surface area contributed by atoms with Crippen LogP contribution in [0.2, 0.25) is 0 Å². The molecule has 2 aromatic carbocycles. The summed E-state index contributed by atoms with van der Waals surface area (Å²) >= 11 is 0. The number of fused-ring (bicyclic) bond motifs is 1. The van der Waals surface area contributed by atoms with Crippen molar-refractivity contribution in [2.24, 2.45) is 7.05 Å². The van der Waals surface area contributed by atoms with Crippen molar-refractivity contribution in [2.45, 2.75) is 57.7 Å². The fourth-order valence-corrected chi connectivity index (χ4v) is 4.25. The standard InChI is InChI=1S/C25H27BFNO3/c1-24(2)25(3,4)31-26(30-24)17-9-11-22-19(13-17)20(14-28(22)5)23(29)18-10-8-16(12-21(18)27)15-6-7-15/h8-15H,6-7H2,1-5H3. The molecule has 2 aliphatic rings. The number of benzene rings is 2. The number of nitrogens with zero attached hydrogens (tertiary/aromatic N) is 1. The molecule has 1 aromatic heterocycles. The fraction of sp³-hybridized carbons (Fsp3) is 0.400. The average Bonchev–Trinajstić information content (AvgIpc) is 3.46. The summed E-state index contributed by atoms with van der Waals surface area (Å²) < 4.78 is 29.1. The zero-order valence-electron chi connectivity index (χ0n) is 18.7. The summed E-state index contributed by atoms with van der Waals surface area (Å²) in [4.78, 5) is 13.3. The molecule has 0 amide bonds. The Morgan fingerprint density at radius 3 is 2.32 bits per heavy atom. The van der Waals surface area contributed by atoms with Gasteiger partial charge in [0.25, 0.3) is 0 Å². The minimum absolute atomic E-state index is 0.109. The lowest BCUT2D eigenvalue weighted by atomic mass is 9.78. The number of halogens is 1. The van der Waals surface area contributed by atoms with Crippen molar-refractivity contribution in [3.8, 4) is 0 Å². The lowest BCUT2D eigenvalue weighted by Crippen LogP contribution is -2.41. The largest absolute Gasteiger partial charge is 0.494 e. The first kappa shape index (κ1) is 20.5. The SMILES string of the molecule is Cn1cc(C(=O)c2ccc(C3CC3)cc2F)c2cc(B3OC(C)(C)C(C)(C)O3)ccc21. The molecule has 0 bridgehead atoms. The molecule has 160 valence electrons. The third kappa shape index (κ3) is 3.33. The van der Waals surface area contributed by atoms with Gasteiger partial charge in [-0.3, -0.25) is 4.79 Å². The molecular formula is C25H27BFNO3. The molecule has 1 aliphatic heterocycles. The third-order valence-corrected chi connectivity index (χ3v) is 7.07. The predicted octanol–water partition coefficient (Wildman–Crippen LogP) is 4.73. The van der Waals surface area contributed by atoms with Crippen LogP contribution >= 0.6 is 0 Å². The Bertz CT molecular complexity index is 1190. The van der Waals surface area contributed by atoms with Crippen LogP contribution in [0.3, 0.4) is 0 Å². The van der Waals surface area contributed by atoms with E-state index in [1.807, 2.05) is 63.6 Å². The van der Waals surface area contributed by atoms with Gasteiger partial charge in [0.1, 0.15) is 5.82 Å². The van der Waals surface area contributed by atoms with Crippen LogP contribution < -0.4 is 5.46 Å². The van der Waals surface area contributed by atoms with Crippen molar-refractivity contribution in [2.75, 3.05) is 0 Å². The normalized spacial score (nSPS) is 19.9. The number of rotatable bonds is 4. The van der Waals surface area contributed by atoms with Gasteiger partial charge in [-0.15, -0.1) is 0 Å². The van der Waals surface area contributed by atoms with E-state index in [4.69, 9.17) is 9.31 Å². The summed E-state index contributed by atoms with van der Waals surface area (Å²) in [5.74, 6) is -0.316. The summed E-state index contributed by atoms with van der Waals surface area (Å²) in [6.07, 6.45) is 3.96. The summed E-state index contributed by atoms with van der Waals surface area (Å²) in [6.45, 7) is 8.04. The van der Waals surface area contributed by atoms with Crippen LogP contribution in [-0.2, 0) is 16.4 Å². The molecule has 3 aromatic rings. The second kappa shape index (κ2) is 6.78. The zero-order chi connectivity index (χ0) is 22.1. The Hall–Kier alpha value is -2.44. The number of aryl methyl sites for hydroxylation is 1. The highest BCUT2D eigenvalue weighted by molar-refractivity contribution is 6.62. The Labute approximate surface area is 182 Å².